The van der Waals surface area contributed by atoms with Gasteiger partial charge in [-0.3, -0.25) is 4.98 Å². The lowest BCUT2D eigenvalue weighted by atomic mass is 9.77. The maximum atomic E-state index is 6.29. The first-order valence-electron chi connectivity index (χ1n) is 8.75. The SMILES string of the molecule is COc1ccc(N2C(=S)C(Oc3ccccc3)C2(C)c2cccnc2)cc1. The maximum Gasteiger partial charge on any atom is 0.176 e. The number of ether oxygens (including phenoxy) is 2. The van der Waals surface area contributed by atoms with Crippen molar-refractivity contribution in [2.45, 2.75) is 18.6 Å². The molecule has 4 rings (SSSR count). The minimum absolute atomic E-state index is 0.263. The average Bonchev–Trinajstić information content (AvgIpc) is 2.74. The van der Waals surface area contributed by atoms with Gasteiger partial charge >= 0.3 is 0 Å². The molecule has 27 heavy (non-hydrogen) atoms. The second kappa shape index (κ2) is 7.00. The van der Waals surface area contributed by atoms with Crippen molar-refractivity contribution < 1.29 is 9.47 Å². The molecule has 1 saturated heterocycles. The first-order valence-corrected chi connectivity index (χ1v) is 9.16. The highest BCUT2D eigenvalue weighted by atomic mass is 32.1. The van der Waals surface area contributed by atoms with Crippen molar-refractivity contribution in [2.75, 3.05) is 12.0 Å². The molecule has 0 saturated carbocycles. The minimum atomic E-state index is -0.463. The fraction of sp³-hybridized carbons (Fsp3) is 0.182. The highest BCUT2D eigenvalue weighted by molar-refractivity contribution is 7.81. The third-order valence-corrected chi connectivity index (χ3v) is 5.39. The Labute approximate surface area is 164 Å². The van der Waals surface area contributed by atoms with Gasteiger partial charge in [0.2, 0.25) is 0 Å². The largest absolute Gasteiger partial charge is 0.497 e. The van der Waals surface area contributed by atoms with E-state index in [1.54, 1.807) is 13.3 Å². The Hall–Kier alpha value is -2.92. The third-order valence-electron chi connectivity index (χ3n) is 4.99. The number of thiocarbonyl (C=S) groups is 1. The van der Waals surface area contributed by atoms with E-state index >= 15 is 0 Å². The standard InChI is InChI=1S/C22H20N2O2S/c1-22(16-7-6-14-23-15-16)20(26-19-8-4-3-5-9-19)21(27)24(22)17-10-12-18(25-2)13-11-17/h3-15,20H,1-2H3. The van der Waals surface area contributed by atoms with Gasteiger partial charge in [-0.1, -0.05) is 36.5 Å². The lowest BCUT2D eigenvalue weighted by Crippen LogP contribution is -2.72. The van der Waals surface area contributed by atoms with Gasteiger partial charge in [-0.25, -0.2) is 0 Å². The van der Waals surface area contributed by atoms with Gasteiger partial charge in [0.05, 0.1) is 7.11 Å². The van der Waals surface area contributed by atoms with Crippen molar-refractivity contribution in [3.63, 3.8) is 0 Å². The zero-order valence-corrected chi connectivity index (χ0v) is 16.0. The lowest BCUT2D eigenvalue weighted by molar-refractivity contribution is 0.144. The van der Waals surface area contributed by atoms with Gasteiger partial charge in [-0.15, -0.1) is 0 Å². The molecule has 0 spiro atoms. The summed E-state index contributed by atoms with van der Waals surface area (Å²) in [6.45, 7) is 2.14. The van der Waals surface area contributed by atoms with Gasteiger partial charge in [0.1, 0.15) is 22.0 Å². The van der Waals surface area contributed by atoms with Crippen LogP contribution in [0.5, 0.6) is 11.5 Å². The van der Waals surface area contributed by atoms with Crippen molar-refractivity contribution in [3.8, 4) is 11.5 Å². The molecular formula is C22H20N2O2S. The predicted octanol–water partition coefficient (Wildman–Crippen LogP) is 4.60. The lowest BCUT2D eigenvalue weighted by Gasteiger charge is -2.57. The van der Waals surface area contributed by atoms with Crippen LogP contribution in [0.1, 0.15) is 12.5 Å². The maximum absolute atomic E-state index is 6.29. The molecule has 2 unspecified atom stereocenters. The summed E-state index contributed by atoms with van der Waals surface area (Å²) in [5.74, 6) is 1.61. The van der Waals surface area contributed by atoms with Crippen LogP contribution in [0, 0.1) is 0 Å². The van der Waals surface area contributed by atoms with Crippen LogP contribution >= 0.6 is 12.2 Å². The fourth-order valence-electron chi connectivity index (χ4n) is 3.51. The minimum Gasteiger partial charge on any atom is -0.497 e. The summed E-state index contributed by atoms with van der Waals surface area (Å²) in [5.41, 5.74) is 1.59. The van der Waals surface area contributed by atoms with Gasteiger partial charge in [0.15, 0.2) is 6.10 Å². The number of anilines is 1. The van der Waals surface area contributed by atoms with Crippen LogP contribution in [0.2, 0.25) is 0 Å². The number of benzene rings is 2. The van der Waals surface area contributed by atoms with Gasteiger partial charge in [-0.05, 0) is 49.4 Å². The Morgan fingerprint density at radius 1 is 0.963 bits per heavy atom. The molecule has 0 bridgehead atoms. The monoisotopic (exact) mass is 376 g/mol. The molecule has 4 nitrogen and oxygen atoms in total. The number of hydrogen-bond donors (Lipinski definition) is 0. The smallest absolute Gasteiger partial charge is 0.176 e. The van der Waals surface area contributed by atoms with E-state index in [1.807, 2.05) is 66.9 Å². The molecule has 0 aliphatic carbocycles. The van der Waals surface area contributed by atoms with E-state index < -0.39 is 5.54 Å². The van der Waals surface area contributed by atoms with E-state index in [9.17, 15) is 0 Å². The molecule has 1 aliphatic rings. The Balaban J connectivity index is 1.73. The third kappa shape index (κ3) is 2.94. The molecule has 1 fully saturated rings. The number of aromatic nitrogens is 1. The van der Waals surface area contributed by atoms with Crippen molar-refractivity contribution in [1.82, 2.24) is 4.98 Å². The first kappa shape index (κ1) is 17.5. The number of nitrogens with zero attached hydrogens (tertiary/aromatic N) is 2. The van der Waals surface area contributed by atoms with Gasteiger partial charge in [0.25, 0.3) is 0 Å². The van der Waals surface area contributed by atoms with Crippen LogP contribution in [0.25, 0.3) is 0 Å². The molecule has 1 aliphatic heterocycles. The first-order chi connectivity index (χ1) is 13.1. The predicted molar refractivity (Wildman–Crippen MR) is 111 cm³/mol. The van der Waals surface area contributed by atoms with Crippen LogP contribution in [-0.4, -0.2) is 23.2 Å². The van der Waals surface area contributed by atoms with Crippen molar-refractivity contribution in [3.05, 3.63) is 84.7 Å². The number of hydrogen-bond acceptors (Lipinski definition) is 4. The normalized spacial score (nSPS) is 21.5. The van der Waals surface area contributed by atoms with Crippen LogP contribution in [-0.2, 0) is 5.54 Å². The molecule has 136 valence electrons. The van der Waals surface area contributed by atoms with Crippen LogP contribution in [0.4, 0.5) is 5.69 Å². The van der Waals surface area contributed by atoms with E-state index in [1.165, 1.54) is 0 Å². The average molecular weight is 376 g/mol. The number of pyridine rings is 1. The van der Waals surface area contributed by atoms with Crippen molar-refractivity contribution in [1.29, 1.82) is 0 Å². The van der Waals surface area contributed by atoms with Crippen molar-refractivity contribution in [2.24, 2.45) is 0 Å². The summed E-state index contributed by atoms with van der Waals surface area (Å²) in [6, 6.07) is 21.7. The Kier molecular flexibility index (Phi) is 4.54. The van der Waals surface area contributed by atoms with E-state index in [-0.39, 0.29) is 6.10 Å². The topological polar surface area (TPSA) is 34.6 Å². The van der Waals surface area contributed by atoms with Gasteiger partial charge in [-0.2, -0.15) is 0 Å². The molecule has 0 radical (unpaired) electrons. The molecule has 5 heteroatoms. The highest BCUT2D eigenvalue weighted by Gasteiger charge is 2.58. The van der Waals surface area contributed by atoms with E-state index in [4.69, 9.17) is 21.7 Å². The van der Waals surface area contributed by atoms with Crippen LogP contribution in [0.15, 0.2) is 79.1 Å². The fourth-order valence-corrected chi connectivity index (χ4v) is 4.08. The van der Waals surface area contributed by atoms with Gasteiger partial charge < -0.3 is 14.4 Å². The summed E-state index contributed by atoms with van der Waals surface area (Å²) < 4.78 is 11.6. The van der Waals surface area contributed by atoms with E-state index in [0.29, 0.717) is 0 Å². The summed E-state index contributed by atoms with van der Waals surface area (Å²) in [6.07, 6.45) is 3.38. The van der Waals surface area contributed by atoms with E-state index in [0.717, 1.165) is 27.7 Å². The molecular weight excluding hydrogens is 356 g/mol. The number of para-hydroxylation sites is 1. The Bertz CT molecular complexity index is 932. The second-order valence-corrected chi connectivity index (χ2v) is 6.99. The Morgan fingerprint density at radius 3 is 2.33 bits per heavy atom. The number of rotatable bonds is 5. The summed E-state index contributed by atoms with van der Waals surface area (Å²) in [4.78, 5) is 7.19. The molecule has 0 amide bonds. The molecule has 2 atom stereocenters. The molecule has 3 aromatic rings. The van der Waals surface area contributed by atoms with Crippen LogP contribution in [0.3, 0.4) is 0 Å². The number of methoxy groups -OCH3 is 1. The zero-order valence-electron chi connectivity index (χ0n) is 15.2. The zero-order chi connectivity index (χ0) is 18.9. The quantitative estimate of drug-likeness (QED) is 0.608. The Morgan fingerprint density at radius 2 is 1.70 bits per heavy atom. The van der Waals surface area contributed by atoms with Crippen molar-refractivity contribution >= 4 is 22.9 Å². The molecule has 2 heterocycles. The second-order valence-electron chi connectivity index (χ2n) is 6.57. The van der Waals surface area contributed by atoms with Gasteiger partial charge in [0, 0.05) is 23.6 Å². The summed E-state index contributed by atoms with van der Waals surface area (Å²) >= 11 is 5.77. The van der Waals surface area contributed by atoms with E-state index in [2.05, 4.69) is 22.9 Å². The highest BCUT2D eigenvalue weighted by Crippen LogP contribution is 2.47. The summed E-state index contributed by atoms with van der Waals surface area (Å²) in [5, 5.41) is 0. The summed E-state index contributed by atoms with van der Waals surface area (Å²) in [7, 11) is 1.66. The molecule has 2 aromatic carbocycles. The molecule has 1 aromatic heterocycles. The molecule has 0 N–H and O–H groups in total. The van der Waals surface area contributed by atoms with Crippen LogP contribution < -0.4 is 14.4 Å².